The van der Waals surface area contributed by atoms with Crippen molar-refractivity contribution in [2.24, 2.45) is 34.5 Å². The molecule has 0 aromatic heterocycles. The van der Waals surface area contributed by atoms with Crippen LogP contribution in [0.25, 0.3) is 0 Å². The molecule has 0 amide bonds. The van der Waals surface area contributed by atoms with Crippen molar-refractivity contribution in [2.45, 2.75) is 54.4 Å². The first-order chi connectivity index (χ1) is 6.28. The normalized spacial score (nSPS) is 49.3. The van der Waals surface area contributed by atoms with E-state index in [2.05, 4.69) is 41.5 Å². The molecule has 4 atom stereocenters. The van der Waals surface area contributed by atoms with Crippen LogP contribution in [-0.4, -0.2) is 0 Å². The Bertz CT molecular complexity index is 214. The highest BCUT2D eigenvalue weighted by atomic mass is 14.6. The maximum absolute atomic E-state index is 2.47. The molecule has 0 aliphatic heterocycles. The van der Waals surface area contributed by atoms with Crippen LogP contribution < -0.4 is 0 Å². The molecule has 2 rings (SSSR count). The largest absolute Gasteiger partial charge is 0.0620 e. The van der Waals surface area contributed by atoms with Crippen molar-refractivity contribution in [1.82, 2.24) is 0 Å². The summed E-state index contributed by atoms with van der Waals surface area (Å²) in [6.45, 7) is 14.8. The van der Waals surface area contributed by atoms with E-state index in [4.69, 9.17) is 0 Å². The van der Waals surface area contributed by atoms with Crippen LogP contribution in [-0.2, 0) is 0 Å². The summed E-state index contributed by atoms with van der Waals surface area (Å²) in [5.74, 6) is 3.85. The molecule has 2 fully saturated rings. The Morgan fingerprint density at radius 3 is 1.43 bits per heavy atom. The quantitative estimate of drug-likeness (QED) is 0.538. The van der Waals surface area contributed by atoms with Crippen LogP contribution in [0.15, 0.2) is 0 Å². The molecule has 0 heterocycles. The third-order valence-electron chi connectivity index (χ3n) is 6.04. The Morgan fingerprint density at radius 1 is 0.714 bits per heavy atom. The van der Waals surface area contributed by atoms with Crippen LogP contribution in [0.5, 0.6) is 0 Å². The molecule has 2 aliphatic rings. The van der Waals surface area contributed by atoms with Gasteiger partial charge in [-0.15, -0.1) is 0 Å². The Labute approximate surface area is 89.5 Å². The Balaban J connectivity index is 2.18. The summed E-state index contributed by atoms with van der Waals surface area (Å²) in [5, 5.41) is 0. The lowest BCUT2D eigenvalue weighted by Gasteiger charge is -2.37. The summed E-state index contributed by atoms with van der Waals surface area (Å²) in [4.78, 5) is 0. The molecule has 0 spiro atoms. The van der Waals surface area contributed by atoms with Crippen LogP contribution in [0, 0.1) is 34.5 Å². The molecule has 0 aromatic carbocycles. The van der Waals surface area contributed by atoms with E-state index in [-0.39, 0.29) is 0 Å². The maximum Gasteiger partial charge on any atom is -0.0292 e. The van der Waals surface area contributed by atoms with Gasteiger partial charge in [0.25, 0.3) is 0 Å². The highest BCUT2D eigenvalue weighted by Crippen LogP contribution is 2.67. The minimum atomic E-state index is 0.559. The molecule has 0 radical (unpaired) electrons. The molecule has 2 saturated carbocycles. The number of rotatable bonds is 0. The van der Waals surface area contributed by atoms with E-state index in [1.54, 1.807) is 0 Å². The second-order valence-corrected chi connectivity index (χ2v) is 7.13. The van der Waals surface area contributed by atoms with E-state index >= 15 is 0 Å². The summed E-state index contributed by atoms with van der Waals surface area (Å²) in [6, 6.07) is 0. The maximum atomic E-state index is 2.47. The van der Waals surface area contributed by atoms with Crippen molar-refractivity contribution in [1.29, 1.82) is 0 Å². The van der Waals surface area contributed by atoms with Crippen LogP contribution in [0.3, 0.4) is 0 Å². The topological polar surface area (TPSA) is 0 Å². The molecule has 0 heteroatoms. The average Bonchev–Trinajstić information content (AvgIpc) is 2.56. The van der Waals surface area contributed by atoms with Crippen LogP contribution >= 0.6 is 0 Å². The minimum absolute atomic E-state index is 0.559. The Kier molecular flexibility index (Phi) is 2.08. The second-order valence-electron chi connectivity index (χ2n) is 7.13. The van der Waals surface area contributed by atoms with E-state index in [9.17, 15) is 0 Å². The van der Waals surface area contributed by atoms with Gasteiger partial charge in [0, 0.05) is 0 Å². The van der Waals surface area contributed by atoms with Gasteiger partial charge in [-0.2, -0.15) is 0 Å². The zero-order valence-corrected chi connectivity index (χ0v) is 10.7. The minimum Gasteiger partial charge on any atom is -0.0620 e. The fourth-order valence-corrected chi connectivity index (χ4v) is 3.65. The molecule has 82 valence electrons. The van der Waals surface area contributed by atoms with E-state index in [0.717, 1.165) is 23.7 Å². The van der Waals surface area contributed by atoms with Crippen molar-refractivity contribution in [2.75, 3.05) is 0 Å². The first-order valence-electron chi connectivity index (χ1n) is 6.28. The molecule has 0 N–H and O–H groups in total. The fraction of sp³-hybridized carbons (Fsp3) is 1.00. The van der Waals surface area contributed by atoms with Crippen LogP contribution in [0.1, 0.15) is 54.4 Å². The van der Waals surface area contributed by atoms with Gasteiger partial charge in [-0.3, -0.25) is 0 Å². The summed E-state index contributed by atoms with van der Waals surface area (Å²) < 4.78 is 0. The lowest BCUT2D eigenvalue weighted by atomic mass is 9.68. The van der Waals surface area contributed by atoms with Gasteiger partial charge >= 0.3 is 0 Å². The standard InChI is InChI=1S/C14H26/c1-9-7-11-12(14(11,5)6)8-10(2)13(9,3)4/h9-12H,7-8H2,1-6H3. The van der Waals surface area contributed by atoms with Gasteiger partial charge in [-0.25, -0.2) is 0 Å². The number of hydrogen-bond acceptors (Lipinski definition) is 0. The first-order valence-corrected chi connectivity index (χ1v) is 6.28. The summed E-state index contributed by atoms with van der Waals surface area (Å²) in [7, 11) is 0. The van der Waals surface area contributed by atoms with E-state index < -0.39 is 0 Å². The monoisotopic (exact) mass is 194 g/mol. The van der Waals surface area contributed by atoms with Crippen LogP contribution in [0.2, 0.25) is 0 Å². The molecule has 0 aromatic rings. The smallest absolute Gasteiger partial charge is 0.0292 e. The fourth-order valence-electron chi connectivity index (χ4n) is 3.65. The third-order valence-corrected chi connectivity index (χ3v) is 6.04. The van der Waals surface area contributed by atoms with Gasteiger partial charge in [0.05, 0.1) is 0 Å². The number of hydrogen-bond donors (Lipinski definition) is 0. The molecule has 0 nitrogen and oxygen atoms in total. The molecular formula is C14H26. The van der Waals surface area contributed by atoms with Gasteiger partial charge < -0.3 is 0 Å². The van der Waals surface area contributed by atoms with Crippen LogP contribution in [0.4, 0.5) is 0 Å². The molecule has 0 saturated heterocycles. The average molecular weight is 194 g/mol. The lowest BCUT2D eigenvalue weighted by Crippen LogP contribution is -2.29. The summed E-state index contributed by atoms with van der Waals surface area (Å²) in [6.07, 6.45) is 2.93. The zero-order chi connectivity index (χ0) is 10.7. The lowest BCUT2D eigenvalue weighted by molar-refractivity contribution is 0.122. The van der Waals surface area contributed by atoms with Crippen molar-refractivity contribution in [3.63, 3.8) is 0 Å². The molecular weight excluding hydrogens is 168 g/mol. The van der Waals surface area contributed by atoms with Crippen molar-refractivity contribution in [3.8, 4) is 0 Å². The van der Waals surface area contributed by atoms with Crippen molar-refractivity contribution < 1.29 is 0 Å². The summed E-state index contributed by atoms with van der Waals surface area (Å²) in [5.41, 5.74) is 1.22. The molecule has 4 unspecified atom stereocenters. The third kappa shape index (κ3) is 1.26. The van der Waals surface area contributed by atoms with Gasteiger partial charge in [-0.1, -0.05) is 41.5 Å². The van der Waals surface area contributed by atoms with Gasteiger partial charge in [0.2, 0.25) is 0 Å². The SMILES string of the molecule is CC1CC2C(CC(C)C1(C)C)C2(C)C. The van der Waals surface area contributed by atoms with Crippen molar-refractivity contribution >= 4 is 0 Å². The van der Waals surface area contributed by atoms with E-state index in [0.29, 0.717) is 10.8 Å². The predicted molar refractivity (Wildman–Crippen MR) is 62.1 cm³/mol. The predicted octanol–water partition coefficient (Wildman–Crippen LogP) is 4.35. The highest BCUT2D eigenvalue weighted by molar-refractivity contribution is 5.09. The Morgan fingerprint density at radius 2 is 1.07 bits per heavy atom. The molecule has 2 aliphatic carbocycles. The number of fused-ring (bicyclic) bond motifs is 1. The van der Waals surface area contributed by atoms with Crippen molar-refractivity contribution in [3.05, 3.63) is 0 Å². The first kappa shape index (κ1) is 10.5. The summed E-state index contributed by atoms with van der Waals surface area (Å²) >= 11 is 0. The van der Waals surface area contributed by atoms with Gasteiger partial charge in [0.15, 0.2) is 0 Å². The van der Waals surface area contributed by atoms with Gasteiger partial charge in [-0.05, 0) is 47.3 Å². The van der Waals surface area contributed by atoms with E-state index in [1.807, 2.05) is 0 Å². The zero-order valence-electron chi connectivity index (χ0n) is 10.7. The molecule has 0 bridgehead atoms. The Hall–Kier alpha value is 0. The van der Waals surface area contributed by atoms with Gasteiger partial charge in [0.1, 0.15) is 0 Å². The second kappa shape index (κ2) is 2.77. The molecule has 14 heavy (non-hydrogen) atoms. The highest BCUT2D eigenvalue weighted by Gasteiger charge is 2.60. The van der Waals surface area contributed by atoms with E-state index in [1.165, 1.54) is 12.8 Å².